The maximum absolute atomic E-state index is 12.1. The maximum atomic E-state index is 12.1. The first-order chi connectivity index (χ1) is 10.4. The van der Waals surface area contributed by atoms with Crippen molar-refractivity contribution in [3.05, 3.63) is 11.8 Å². The highest BCUT2D eigenvalue weighted by Gasteiger charge is 2.38. The summed E-state index contributed by atoms with van der Waals surface area (Å²) in [7, 11) is 0. The van der Waals surface area contributed by atoms with Crippen LogP contribution in [-0.4, -0.2) is 31.6 Å². The van der Waals surface area contributed by atoms with Gasteiger partial charge in [-0.15, -0.1) is 0 Å². The highest BCUT2D eigenvalue weighted by atomic mass is 35.6. The predicted molar refractivity (Wildman–Crippen MR) is 95.5 cm³/mol. The smallest absolute Gasteiger partial charge is 0.246 e. The van der Waals surface area contributed by atoms with Crippen LogP contribution in [0.3, 0.4) is 0 Å². The minimum atomic E-state index is -1.85. The van der Waals surface area contributed by atoms with Crippen molar-refractivity contribution in [2.24, 2.45) is 5.41 Å². The van der Waals surface area contributed by atoms with E-state index < -0.39 is 15.4 Å². The van der Waals surface area contributed by atoms with E-state index in [0.717, 1.165) is 11.4 Å². The average Bonchev–Trinajstić information content (AvgIpc) is 2.35. The van der Waals surface area contributed by atoms with Gasteiger partial charge in [0.15, 0.2) is 5.16 Å². The van der Waals surface area contributed by atoms with Gasteiger partial charge in [-0.1, -0.05) is 74.3 Å². The zero-order valence-electron chi connectivity index (χ0n) is 13.6. The lowest BCUT2D eigenvalue weighted by molar-refractivity contribution is -0.131. The van der Waals surface area contributed by atoms with E-state index in [1.54, 1.807) is 26.8 Å². The van der Waals surface area contributed by atoms with Gasteiger partial charge in [0, 0.05) is 17.2 Å². The van der Waals surface area contributed by atoms with Crippen LogP contribution in [0.2, 0.25) is 0 Å². The Hall–Kier alpha value is -0.430. The number of alkyl halides is 3. The van der Waals surface area contributed by atoms with Gasteiger partial charge in [-0.25, -0.2) is 4.98 Å². The number of amides is 1. The Labute approximate surface area is 155 Å². The van der Waals surface area contributed by atoms with Crippen LogP contribution in [0.25, 0.3) is 0 Å². The minimum absolute atomic E-state index is 0.235. The number of hydrogen-bond donors (Lipinski definition) is 1. The van der Waals surface area contributed by atoms with Crippen molar-refractivity contribution in [3.63, 3.8) is 0 Å². The second-order valence-electron chi connectivity index (χ2n) is 5.83. The van der Waals surface area contributed by atoms with Crippen LogP contribution in [0.1, 0.15) is 33.4 Å². The van der Waals surface area contributed by atoms with E-state index in [1.807, 2.05) is 13.8 Å². The highest BCUT2D eigenvalue weighted by molar-refractivity contribution is 7.99. The lowest BCUT2D eigenvalue weighted by Gasteiger charge is -2.28. The van der Waals surface area contributed by atoms with Crippen LogP contribution in [0.15, 0.2) is 11.2 Å². The van der Waals surface area contributed by atoms with Gasteiger partial charge in [-0.2, -0.15) is 4.98 Å². The minimum Gasteiger partial charge on any atom is -0.449 e. The molecular formula is C14H20Cl3N3O2S. The fourth-order valence-corrected chi connectivity index (χ4v) is 2.32. The van der Waals surface area contributed by atoms with Crippen LogP contribution in [-0.2, 0) is 4.79 Å². The molecule has 0 aliphatic rings. The number of halogens is 3. The van der Waals surface area contributed by atoms with Crippen LogP contribution in [0, 0.1) is 12.3 Å². The van der Waals surface area contributed by atoms with E-state index in [9.17, 15) is 4.79 Å². The summed E-state index contributed by atoms with van der Waals surface area (Å²) in [5.41, 5.74) is 0.0682. The first-order valence-electron chi connectivity index (χ1n) is 6.96. The molecule has 1 amide bonds. The molecule has 1 N–H and O–H groups in total. The molecule has 0 saturated carbocycles. The molecule has 1 heterocycles. The number of carbonyl (C=O) groups excluding carboxylic acids is 1. The van der Waals surface area contributed by atoms with E-state index in [2.05, 4.69) is 15.3 Å². The van der Waals surface area contributed by atoms with Gasteiger partial charge in [-0.3, -0.25) is 4.79 Å². The first-order valence-corrected chi connectivity index (χ1v) is 9.08. The molecule has 1 unspecified atom stereocenters. The summed E-state index contributed by atoms with van der Waals surface area (Å²) in [6.45, 7) is 9.06. The Balaban J connectivity index is 3.01. The lowest BCUT2D eigenvalue weighted by Crippen LogP contribution is -2.51. The molecule has 23 heavy (non-hydrogen) atoms. The van der Waals surface area contributed by atoms with E-state index in [1.165, 1.54) is 11.8 Å². The van der Waals surface area contributed by atoms with Gasteiger partial charge >= 0.3 is 0 Å². The van der Waals surface area contributed by atoms with Crippen molar-refractivity contribution in [1.82, 2.24) is 15.3 Å². The Morgan fingerprint density at radius 3 is 2.43 bits per heavy atom. The number of rotatable bonds is 5. The van der Waals surface area contributed by atoms with Crippen molar-refractivity contribution >= 4 is 52.5 Å². The van der Waals surface area contributed by atoms with Crippen molar-refractivity contribution in [2.45, 2.75) is 49.8 Å². The van der Waals surface area contributed by atoms with E-state index in [0.29, 0.717) is 5.16 Å². The molecule has 1 aromatic heterocycles. The number of hydrogen-bond acceptors (Lipinski definition) is 5. The van der Waals surface area contributed by atoms with Gasteiger partial charge in [0.05, 0.1) is 0 Å². The number of nitrogens with zero attached hydrogens (tertiary/aromatic N) is 2. The van der Waals surface area contributed by atoms with Crippen LogP contribution >= 0.6 is 46.6 Å². The standard InChI is InChI=1S/C14H20Cl3N3O2S/c1-6-23-12-18-8(2)7-9(19-12)22-11(14(15,16)17)20-10(21)13(3,4)5/h7,11H,6H2,1-5H3,(H,20,21). The second kappa shape index (κ2) is 8.10. The Morgan fingerprint density at radius 1 is 1.35 bits per heavy atom. The molecule has 0 spiro atoms. The molecular weight excluding hydrogens is 381 g/mol. The molecule has 0 radical (unpaired) electrons. The van der Waals surface area contributed by atoms with Crippen molar-refractivity contribution in [1.29, 1.82) is 0 Å². The molecule has 1 rings (SSSR count). The largest absolute Gasteiger partial charge is 0.449 e. The molecule has 1 atom stereocenters. The predicted octanol–water partition coefficient (Wildman–Crippen LogP) is 4.13. The van der Waals surface area contributed by atoms with E-state index >= 15 is 0 Å². The van der Waals surface area contributed by atoms with Gasteiger partial charge in [-0.05, 0) is 12.7 Å². The van der Waals surface area contributed by atoms with Crippen LogP contribution < -0.4 is 10.1 Å². The molecule has 0 fully saturated rings. The normalized spacial score (nSPS) is 13.6. The quantitative estimate of drug-likeness (QED) is 0.348. The first kappa shape index (κ1) is 20.6. The molecule has 9 heteroatoms. The number of ether oxygens (including phenoxy) is 1. The molecule has 1 aromatic rings. The van der Waals surface area contributed by atoms with Gasteiger partial charge in [0.2, 0.25) is 21.8 Å². The molecule has 0 aliphatic heterocycles. The highest BCUT2D eigenvalue weighted by Crippen LogP contribution is 2.32. The summed E-state index contributed by atoms with van der Waals surface area (Å²) >= 11 is 19.2. The average molecular weight is 401 g/mol. The third-order valence-corrected chi connectivity index (χ3v) is 3.89. The number of thioether (sulfide) groups is 1. The Kier molecular flexibility index (Phi) is 7.26. The molecule has 0 bridgehead atoms. The van der Waals surface area contributed by atoms with Gasteiger partial charge in [0.25, 0.3) is 0 Å². The number of aryl methyl sites for hydroxylation is 1. The van der Waals surface area contributed by atoms with Gasteiger partial charge in [0.1, 0.15) is 0 Å². The number of carbonyl (C=O) groups is 1. The number of nitrogens with one attached hydrogen (secondary N) is 1. The second-order valence-corrected chi connectivity index (χ2v) is 9.43. The summed E-state index contributed by atoms with van der Waals surface area (Å²) in [5.74, 6) is 0.749. The maximum Gasteiger partial charge on any atom is 0.246 e. The third kappa shape index (κ3) is 6.91. The SMILES string of the molecule is CCSc1nc(C)cc(OC(NC(=O)C(C)(C)C)C(Cl)(Cl)Cl)n1. The molecule has 5 nitrogen and oxygen atoms in total. The summed E-state index contributed by atoms with van der Waals surface area (Å²) in [5, 5.41) is 3.15. The van der Waals surface area contributed by atoms with Gasteiger partial charge < -0.3 is 10.1 Å². The van der Waals surface area contributed by atoms with Crippen LogP contribution in [0.4, 0.5) is 0 Å². The Morgan fingerprint density at radius 2 is 1.96 bits per heavy atom. The van der Waals surface area contributed by atoms with Crippen molar-refractivity contribution in [3.8, 4) is 5.88 Å². The third-order valence-electron chi connectivity index (χ3n) is 2.56. The molecule has 130 valence electrons. The summed E-state index contributed by atoms with van der Waals surface area (Å²) < 4.78 is 3.77. The van der Waals surface area contributed by atoms with Crippen molar-refractivity contribution in [2.75, 3.05) is 5.75 Å². The van der Waals surface area contributed by atoms with Crippen LogP contribution in [0.5, 0.6) is 5.88 Å². The molecule has 0 aliphatic carbocycles. The fraction of sp³-hybridized carbons (Fsp3) is 0.643. The topological polar surface area (TPSA) is 64.1 Å². The summed E-state index contributed by atoms with van der Waals surface area (Å²) in [4.78, 5) is 20.7. The zero-order chi connectivity index (χ0) is 17.8. The monoisotopic (exact) mass is 399 g/mol. The lowest BCUT2D eigenvalue weighted by atomic mass is 9.96. The van der Waals surface area contributed by atoms with E-state index in [4.69, 9.17) is 39.5 Å². The molecule has 0 aromatic carbocycles. The summed E-state index contributed by atoms with van der Waals surface area (Å²) in [6.07, 6.45) is -1.17. The van der Waals surface area contributed by atoms with E-state index in [-0.39, 0.29) is 11.8 Å². The molecule has 0 saturated heterocycles. The fourth-order valence-electron chi connectivity index (χ4n) is 1.40. The summed E-state index contributed by atoms with van der Waals surface area (Å²) in [6, 6.07) is 1.62. The number of aromatic nitrogens is 2. The van der Waals surface area contributed by atoms with Crippen molar-refractivity contribution < 1.29 is 9.53 Å². The zero-order valence-corrected chi connectivity index (χ0v) is 16.7. The Bertz CT molecular complexity index is 559.